The Morgan fingerprint density at radius 2 is 2.22 bits per heavy atom. The highest BCUT2D eigenvalue weighted by atomic mass is 16.5. The summed E-state index contributed by atoms with van der Waals surface area (Å²) in [6.45, 7) is 4.69. The maximum Gasteiger partial charge on any atom is 0.351 e. The number of hydrogen-bond acceptors (Lipinski definition) is 5. The molecular weight excluding hydrogens is 234 g/mol. The molecule has 0 bridgehead atoms. The topological polar surface area (TPSA) is 79.4 Å². The van der Waals surface area contributed by atoms with Gasteiger partial charge in [-0.25, -0.2) is 4.79 Å². The molecule has 0 aromatic carbocycles. The van der Waals surface area contributed by atoms with Gasteiger partial charge in [0.1, 0.15) is 12.0 Å². The summed E-state index contributed by atoms with van der Waals surface area (Å²) in [6.07, 6.45) is 1.33. The fraction of sp³-hybridized carbons (Fsp3) is 0.667. The van der Waals surface area contributed by atoms with Gasteiger partial charge in [-0.05, 0) is 12.0 Å². The summed E-state index contributed by atoms with van der Waals surface area (Å²) < 4.78 is 12.5. The van der Waals surface area contributed by atoms with Gasteiger partial charge in [0.25, 0.3) is 0 Å². The van der Waals surface area contributed by atoms with Crippen molar-refractivity contribution in [3.8, 4) is 0 Å². The normalized spacial score (nSPS) is 31.7. The van der Waals surface area contributed by atoms with Crippen molar-refractivity contribution in [3.05, 3.63) is 22.7 Å². The second-order valence-corrected chi connectivity index (χ2v) is 4.78. The number of nitrogens with two attached hydrogens (primary N) is 1. The second-order valence-electron chi connectivity index (χ2n) is 4.78. The summed E-state index contributed by atoms with van der Waals surface area (Å²) in [5, 5.41) is 0. The lowest BCUT2D eigenvalue weighted by Crippen LogP contribution is -2.29. The molecule has 0 amide bonds. The number of anilines is 1. The highest BCUT2D eigenvalue weighted by Gasteiger charge is 2.40. The van der Waals surface area contributed by atoms with Crippen molar-refractivity contribution < 1.29 is 9.47 Å². The van der Waals surface area contributed by atoms with Gasteiger partial charge in [-0.15, -0.1) is 0 Å². The Kier molecular flexibility index (Phi) is 3.68. The van der Waals surface area contributed by atoms with Crippen molar-refractivity contribution >= 4 is 5.82 Å². The second kappa shape index (κ2) is 5.07. The van der Waals surface area contributed by atoms with E-state index < -0.39 is 0 Å². The zero-order valence-electron chi connectivity index (χ0n) is 10.9. The number of rotatable bonds is 3. The fourth-order valence-corrected chi connectivity index (χ4v) is 2.32. The van der Waals surface area contributed by atoms with E-state index in [1.54, 1.807) is 19.4 Å². The average molecular weight is 253 g/mol. The molecule has 0 spiro atoms. The van der Waals surface area contributed by atoms with Crippen LogP contribution < -0.4 is 11.4 Å². The van der Waals surface area contributed by atoms with Crippen LogP contribution in [-0.4, -0.2) is 29.4 Å². The number of nitrogens with zero attached hydrogens (tertiary/aromatic N) is 2. The molecule has 2 N–H and O–H groups in total. The van der Waals surface area contributed by atoms with Crippen molar-refractivity contribution in [3.63, 3.8) is 0 Å². The zero-order chi connectivity index (χ0) is 13.3. The molecule has 100 valence electrons. The largest absolute Gasteiger partial charge is 0.383 e. The molecule has 1 fully saturated rings. The number of aromatic nitrogens is 2. The van der Waals surface area contributed by atoms with Gasteiger partial charge in [0.2, 0.25) is 0 Å². The van der Waals surface area contributed by atoms with Crippen LogP contribution in [0.3, 0.4) is 0 Å². The van der Waals surface area contributed by atoms with E-state index in [0.29, 0.717) is 12.5 Å². The Morgan fingerprint density at radius 1 is 1.50 bits per heavy atom. The summed E-state index contributed by atoms with van der Waals surface area (Å²) in [5.74, 6) is 0.760. The van der Waals surface area contributed by atoms with Gasteiger partial charge in [-0.3, -0.25) is 4.57 Å². The Balaban J connectivity index is 2.26. The predicted molar refractivity (Wildman–Crippen MR) is 67.0 cm³/mol. The molecule has 1 aliphatic heterocycles. The van der Waals surface area contributed by atoms with Gasteiger partial charge in [0.15, 0.2) is 0 Å². The van der Waals surface area contributed by atoms with Gasteiger partial charge in [0.05, 0.1) is 12.7 Å². The number of nitrogen functional groups attached to an aromatic ring is 1. The Hall–Kier alpha value is -1.40. The highest BCUT2D eigenvalue weighted by molar-refractivity contribution is 5.23. The van der Waals surface area contributed by atoms with E-state index in [1.165, 1.54) is 4.57 Å². The van der Waals surface area contributed by atoms with E-state index in [9.17, 15) is 4.79 Å². The van der Waals surface area contributed by atoms with Gasteiger partial charge in [-0.1, -0.05) is 13.8 Å². The summed E-state index contributed by atoms with van der Waals surface area (Å²) in [5.41, 5.74) is 5.10. The molecular formula is C12H19N3O3. The lowest BCUT2D eigenvalue weighted by molar-refractivity contribution is -0.0456. The van der Waals surface area contributed by atoms with Crippen LogP contribution >= 0.6 is 0 Å². The van der Waals surface area contributed by atoms with Crippen LogP contribution in [0.5, 0.6) is 0 Å². The molecule has 6 nitrogen and oxygen atoms in total. The van der Waals surface area contributed by atoms with E-state index in [-0.39, 0.29) is 29.8 Å². The van der Waals surface area contributed by atoms with Crippen LogP contribution in [0.15, 0.2) is 17.1 Å². The van der Waals surface area contributed by atoms with Crippen LogP contribution in [0.2, 0.25) is 0 Å². The summed E-state index contributed by atoms with van der Waals surface area (Å²) in [7, 11) is 1.64. The maximum absolute atomic E-state index is 11.8. The molecule has 1 aliphatic rings. The molecule has 4 atom stereocenters. The average Bonchev–Trinajstić information content (AvgIpc) is 2.58. The van der Waals surface area contributed by atoms with Crippen molar-refractivity contribution in [1.82, 2.24) is 9.55 Å². The van der Waals surface area contributed by atoms with E-state index in [2.05, 4.69) is 18.8 Å². The molecule has 0 radical (unpaired) electrons. The minimum Gasteiger partial charge on any atom is -0.383 e. The molecule has 18 heavy (non-hydrogen) atoms. The van der Waals surface area contributed by atoms with Crippen molar-refractivity contribution in [1.29, 1.82) is 0 Å². The zero-order valence-corrected chi connectivity index (χ0v) is 10.9. The molecule has 1 aromatic heterocycles. The quantitative estimate of drug-likeness (QED) is 0.855. The first-order chi connectivity index (χ1) is 8.54. The third-order valence-corrected chi connectivity index (χ3v) is 3.64. The molecule has 1 saturated heterocycles. The Labute approximate surface area is 106 Å². The third kappa shape index (κ3) is 2.26. The molecule has 2 rings (SSSR count). The molecule has 2 heterocycles. The predicted octanol–water partition coefficient (Wildman–Crippen LogP) is 0.641. The maximum atomic E-state index is 11.8. The van der Waals surface area contributed by atoms with Crippen LogP contribution in [0.4, 0.5) is 5.82 Å². The SMILES string of the molecule is COC[C@H]1O[C@@H](n2ccc(N)nc2=O)[C@H](C)C1C. The van der Waals surface area contributed by atoms with Crippen LogP contribution in [0.25, 0.3) is 0 Å². The van der Waals surface area contributed by atoms with Gasteiger partial charge >= 0.3 is 5.69 Å². The first kappa shape index (κ1) is 13.0. The first-order valence-electron chi connectivity index (χ1n) is 6.03. The fourth-order valence-electron chi connectivity index (χ4n) is 2.32. The third-order valence-electron chi connectivity index (χ3n) is 3.64. The van der Waals surface area contributed by atoms with Crippen LogP contribution in [0, 0.1) is 11.8 Å². The van der Waals surface area contributed by atoms with E-state index in [1.807, 2.05) is 0 Å². The Morgan fingerprint density at radius 3 is 2.83 bits per heavy atom. The summed E-state index contributed by atoms with van der Waals surface area (Å²) >= 11 is 0. The van der Waals surface area contributed by atoms with Gasteiger partial charge in [-0.2, -0.15) is 4.98 Å². The van der Waals surface area contributed by atoms with E-state index >= 15 is 0 Å². The van der Waals surface area contributed by atoms with Crippen LogP contribution in [0.1, 0.15) is 20.1 Å². The smallest absolute Gasteiger partial charge is 0.351 e. The number of hydrogen-bond donors (Lipinski definition) is 1. The minimum absolute atomic E-state index is 0.000506. The van der Waals surface area contributed by atoms with Crippen molar-refractivity contribution in [2.75, 3.05) is 19.5 Å². The number of methoxy groups -OCH3 is 1. The van der Waals surface area contributed by atoms with Crippen LogP contribution in [-0.2, 0) is 9.47 Å². The van der Waals surface area contributed by atoms with Gasteiger partial charge in [0, 0.05) is 19.2 Å². The van der Waals surface area contributed by atoms with Gasteiger partial charge < -0.3 is 15.2 Å². The standard InChI is InChI=1S/C12H19N3O3/c1-7-8(2)11(18-9(7)6-17-3)15-5-4-10(13)14-12(15)16/h4-5,7-9,11H,6H2,1-3H3,(H2,13,14,16)/t7?,8-,9-,11-/m1/s1. The number of ether oxygens (including phenoxy) is 2. The molecule has 0 saturated carbocycles. The lowest BCUT2D eigenvalue weighted by Gasteiger charge is -2.18. The summed E-state index contributed by atoms with van der Waals surface area (Å²) in [4.78, 5) is 15.5. The van der Waals surface area contributed by atoms with E-state index in [0.717, 1.165) is 0 Å². The Bertz CT molecular complexity index is 474. The molecule has 0 aliphatic carbocycles. The highest BCUT2D eigenvalue weighted by Crippen LogP contribution is 2.38. The first-order valence-corrected chi connectivity index (χ1v) is 6.03. The van der Waals surface area contributed by atoms with Crippen molar-refractivity contribution in [2.45, 2.75) is 26.2 Å². The molecule has 1 unspecified atom stereocenters. The minimum atomic E-state index is -0.378. The monoisotopic (exact) mass is 253 g/mol. The summed E-state index contributed by atoms with van der Waals surface area (Å²) in [6, 6.07) is 1.60. The lowest BCUT2D eigenvalue weighted by atomic mass is 9.93. The molecule has 1 aromatic rings. The van der Waals surface area contributed by atoms with E-state index in [4.69, 9.17) is 15.2 Å². The van der Waals surface area contributed by atoms with Crippen molar-refractivity contribution in [2.24, 2.45) is 11.8 Å². The molecule has 6 heteroatoms.